The third-order valence-electron chi connectivity index (χ3n) is 5.48. The summed E-state index contributed by atoms with van der Waals surface area (Å²) in [6, 6.07) is 3.91. The average molecular weight is 434 g/mol. The number of benzene rings is 1. The topological polar surface area (TPSA) is 61.7 Å². The molecule has 0 unspecified atom stereocenters. The highest BCUT2D eigenvalue weighted by Crippen LogP contribution is 2.27. The van der Waals surface area contributed by atoms with Crippen LogP contribution in [0.5, 0.6) is 0 Å². The Hall–Kier alpha value is -2.81. The number of anilines is 1. The van der Waals surface area contributed by atoms with Gasteiger partial charge in [-0.25, -0.2) is 8.78 Å². The van der Waals surface area contributed by atoms with Gasteiger partial charge in [-0.05, 0) is 50.7 Å². The Morgan fingerprint density at radius 1 is 1.03 bits per heavy atom. The quantitative estimate of drug-likeness (QED) is 0.747. The van der Waals surface area contributed by atoms with E-state index < -0.39 is 11.6 Å². The molecule has 0 fully saturated rings. The molecule has 7 nitrogen and oxygen atoms in total. The standard InChI is InChI=1S/C22H29F2N5O2/c1-3-21(30)29-12-6-9-26(2)8-5-10-27(22(31)16-28-11-4-7-25-28)15-17-13-18(23)19(24)14-20(17)29/h4,7,11,13-14H,3,5-6,8-10,12,15-16H2,1-2H3. The van der Waals surface area contributed by atoms with Gasteiger partial charge in [-0.15, -0.1) is 0 Å². The first-order chi connectivity index (χ1) is 14.9. The molecule has 0 atom stereocenters. The minimum atomic E-state index is -1.01. The number of carbonyl (C=O) groups is 2. The lowest BCUT2D eigenvalue weighted by molar-refractivity contribution is -0.132. The van der Waals surface area contributed by atoms with E-state index in [1.165, 1.54) is 9.58 Å². The molecule has 168 valence electrons. The lowest BCUT2D eigenvalue weighted by Gasteiger charge is -2.31. The van der Waals surface area contributed by atoms with E-state index in [9.17, 15) is 18.4 Å². The fourth-order valence-corrected chi connectivity index (χ4v) is 3.80. The highest BCUT2D eigenvalue weighted by molar-refractivity contribution is 5.94. The lowest BCUT2D eigenvalue weighted by Crippen LogP contribution is -2.39. The first kappa shape index (κ1) is 22.9. The summed E-state index contributed by atoms with van der Waals surface area (Å²) in [6.07, 6.45) is 5.00. The largest absolute Gasteiger partial charge is 0.337 e. The van der Waals surface area contributed by atoms with Crippen molar-refractivity contribution in [1.29, 1.82) is 0 Å². The van der Waals surface area contributed by atoms with Gasteiger partial charge in [0, 0.05) is 44.5 Å². The van der Waals surface area contributed by atoms with E-state index in [-0.39, 0.29) is 31.3 Å². The Morgan fingerprint density at radius 2 is 1.74 bits per heavy atom. The molecule has 3 rings (SSSR count). The van der Waals surface area contributed by atoms with E-state index >= 15 is 0 Å². The van der Waals surface area contributed by atoms with Gasteiger partial charge in [-0.3, -0.25) is 14.3 Å². The van der Waals surface area contributed by atoms with Crippen LogP contribution < -0.4 is 4.90 Å². The van der Waals surface area contributed by atoms with Crippen LogP contribution in [0.25, 0.3) is 0 Å². The van der Waals surface area contributed by atoms with Crippen molar-refractivity contribution in [2.75, 3.05) is 38.1 Å². The molecule has 1 aliphatic heterocycles. The zero-order chi connectivity index (χ0) is 22.4. The number of hydrogen-bond acceptors (Lipinski definition) is 4. The summed E-state index contributed by atoms with van der Waals surface area (Å²) in [6.45, 7) is 4.29. The fourth-order valence-electron chi connectivity index (χ4n) is 3.80. The molecule has 0 saturated carbocycles. The van der Waals surface area contributed by atoms with E-state index in [0.717, 1.165) is 31.6 Å². The maximum absolute atomic E-state index is 14.2. The Bertz CT molecular complexity index is 904. The lowest BCUT2D eigenvalue weighted by atomic mass is 10.1. The van der Waals surface area contributed by atoms with Crippen LogP contribution in [-0.2, 0) is 22.7 Å². The highest BCUT2D eigenvalue weighted by atomic mass is 19.2. The van der Waals surface area contributed by atoms with E-state index in [1.807, 2.05) is 7.05 Å². The second-order valence-electron chi connectivity index (χ2n) is 7.82. The number of aromatic nitrogens is 2. The van der Waals surface area contributed by atoms with Gasteiger partial charge >= 0.3 is 0 Å². The van der Waals surface area contributed by atoms with Crippen molar-refractivity contribution in [2.45, 2.75) is 39.3 Å². The van der Waals surface area contributed by atoms with Crippen LogP contribution in [0.2, 0.25) is 0 Å². The first-order valence-electron chi connectivity index (χ1n) is 10.6. The highest BCUT2D eigenvalue weighted by Gasteiger charge is 2.24. The maximum atomic E-state index is 14.2. The summed E-state index contributed by atoms with van der Waals surface area (Å²) >= 11 is 0. The normalized spacial score (nSPS) is 16.4. The van der Waals surface area contributed by atoms with Crippen molar-refractivity contribution < 1.29 is 18.4 Å². The van der Waals surface area contributed by atoms with Crippen LogP contribution >= 0.6 is 0 Å². The number of halogens is 2. The zero-order valence-electron chi connectivity index (χ0n) is 18.1. The molecule has 0 spiro atoms. The van der Waals surface area contributed by atoms with Crippen LogP contribution in [0.1, 0.15) is 31.7 Å². The molecule has 31 heavy (non-hydrogen) atoms. The molecular weight excluding hydrogens is 404 g/mol. The Kier molecular flexibility index (Phi) is 7.73. The molecule has 0 aliphatic carbocycles. The molecule has 0 radical (unpaired) electrons. The predicted octanol–water partition coefficient (Wildman–Crippen LogP) is 2.66. The van der Waals surface area contributed by atoms with Gasteiger partial charge in [0.15, 0.2) is 11.6 Å². The van der Waals surface area contributed by atoms with Crippen LogP contribution in [0.4, 0.5) is 14.5 Å². The molecule has 2 amide bonds. The second kappa shape index (κ2) is 10.5. The van der Waals surface area contributed by atoms with Crippen LogP contribution in [0.15, 0.2) is 30.6 Å². The molecular formula is C22H29F2N5O2. The summed E-state index contributed by atoms with van der Waals surface area (Å²) in [5, 5.41) is 4.08. The number of carbonyl (C=O) groups excluding carboxylic acids is 2. The Morgan fingerprint density at radius 3 is 2.42 bits per heavy atom. The van der Waals surface area contributed by atoms with Crippen molar-refractivity contribution >= 4 is 17.5 Å². The van der Waals surface area contributed by atoms with Crippen molar-refractivity contribution in [1.82, 2.24) is 19.6 Å². The number of nitrogens with zero attached hydrogens (tertiary/aromatic N) is 5. The molecule has 0 bridgehead atoms. The van der Waals surface area contributed by atoms with E-state index in [1.54, 1.807) is 30.3 Å². The van der Waals surface area contributed by atoms with Crippen molar-refractivity contribution in [3.05, 3.63) is 47.8 Å². The smallest absolute Gasteiger partial charge is 0.244 e. The minimum Gasteiger partial charge on any atom is -0.337 e. The van der Waals surface area contributed by atoms with E-state index in [0.29, 0.717) is 30.8 Å². The van der Waals surface area contributed by atoms with Crippen LogP contribution in [0.3, 0.4) is 0 Å². The number of hydrogen-bond donors (Lipinski definition) is 0. The number of fused-ring (bicyclic) bond motifs is 1. The summed E-state index contributed by atoms with van der Waals surface area (Å²) in [7, 11) is 2.00. The molecule has 2 heterocycles. The second-order valence-corrected chi connectivity index (χ2v) is 7.82. The number of amides is 2. The van der Waals surface area contributed by atoms with Gasteiger partial charge in [0.25, 0.3) is 0 Å². The molecule has 9 heteroatoms. The minimum absolute atomic E-state index is 0.0550. The van der Waals surface area contributed by atoms with Gasteiger partial charge in [-0.2, -0.15) is 5.10 Å². The van der Waals surface area contributed by atoms with Crippen LogP contribution in [0, 0.1) is 11.6 Å². The summed E-state index contributed by atoms with van der Waals surface area (Å²) in [5.74, 6) is -2.34. The van der Waals surface area contributed by atoms with E-state index in [2.05, 4.69) is 10.00 Å². The molecule has 2 aromatic rings. The fraction of sp³-hybridized carbons (Fsp3) is 0.500. The monoisotopic (exact) mass is 433 g/mol. The van der Waals surface area contributed by atoms with E-state index in [4.69, 9.17) is 0 Å². The summed E-state index contributed by atoms with van der Waals surface area (Å²) in [5.41, 5.74) is 0.745. The molecule has 0 saturated heterocycles. The van der Waals surface area contributed by atoms with Gasteiger partial charge in [-0.1, -0.05) is 6.92 Å². The Balaban J connectivity index is 1.98. The van der Waals surface area contributed by atoms with Gasteiger partial charge in [0.2, 0.25) is 11.8 Å². The van der Waals surface area contributed by atoms with Gasteiger partial charge < -0.3 is 14.7 Å². The van der Waals surface area contributed by atoms with Crippen molar-refractivity contribution in [3.63, 3.8) is 0 Å². The third-order valence-corrected chi connectivity index (χ3v) is 5.48. The zero-order valence-corrected chi connectivity index (χ0v) is 18.1. The maximum Gasteiger partial charge on any atom is 0.244 e. The summed E-state index contributed by atoms with van der Waals surface area (Å²) < 4.78 is 29.9. The molecule has 0 N–H and O–H groups in total. The summed E-state index contributed by atoms with van der Waals surface area (Å²) in [4.78, 5) is 31.0. The molecule has 1 aromatic heterocycles. The Labute approximate surface area is 181 Å². The third kappa shape index (κ3) is 5.88. The number of rotatable bonds is 3. The van der Waals surface area contributed by atoms with Crippen molar-refractivity contribution in [3.8, 4) is 0 Å². The SMILES string of the molecule is CCC(=O)N1CCCN(C)CCCN(C(=O)Cn2cccn2)Cc2cc(F)c(F)cc21. The first-order valence-corrected chi connectivity index (χ1v) is 10.6. The van der Waals surface area contributed by atoms with Crippen LogP contribution in [-0.4, -0.2) is 64.6 Å². The van der Waals surface area contributed by atoms with Gasteiger partial charge in [0.05, 0.1) is 5.69 Å². The molecule has 1 aromatic carbocycles. The average Bonchev–Trinajstić information content (AvgIpc) is 3.24. The predicted molar refractivity (Wildman–Crippen MR) is 113 cm³/mol. The molecule has 1 aliphatic rings. The van der Waals surface area contributed by atoms with Gasteiger partial charge in [0.1, 0.15) is 6.54 Å². The van der Waals surface area contributed by atoms with Crippen molar-refractivity contribution in [2.24, 2.45) is 0 Å².